The minimum Gasteiger partial charge on any atom is -0.350 e. The second kappa shape index (κ2) is 7.18. The number of benzene rings is 1. The van der Waals surface area contributed by atoms with Crippen molar-refractivity contribution < 1.29 is 4.79 Å². The van der Waals surface area contributed by atoms with E-state index in [0.717, 1.165) is 25.2 Å². The summed E-state index contributed by atoms with van der Waals surface area (Å²) in [4.78, 5) is 14.9. The summed E-state index contributed by atoms with van der Waals surface area (Å²) in [6.07, 6.45) is 2.69. The third-order valence-corrected chi connectivity index (χ3v) is 4.83. The van der Waals surface area contributed by atoms with Crippen LogP contribution in [0.4, 0.5) is 0 Å². The molecule has 1 amide bonds. The standard InChI is InChI=1S/C19H26N4O/c1-13(2)18-17(11-21-22-18)19(24)20-10-14(3)23-9-8-15-6-4-5-7-16(15)12-23/h4-7,11,13-14H,8-10,12H2,1-3H3,(H,20,24)(H,21,22)/t14-/m1/s1. The third-order valence-electron chi connectivity index (χ3n) is 4.83. The van der Waals surface area contributed by atoms with Gasteiger partial charge in [0, 0.05) is 25.7 Å². The van der Waals surface area contributed by atoms with Gasteiger partial charge in [-0.25, -0.2) is 0 Å². The number of amides is 1. The van der Waals surface area contributed by atoms with Crippen molar-refractivity contribution in [1.82, 2.24) is 20.4 Å². The lowest BCUT2D eigenvalue weighted by atomic mass is 9.99. The van der Waals surface area contributed by atoms with Gasteiger partial charge < -0.3 is 5.32 Å². The van der Waals surface area contributed by atoms with Crippen LogP contribution in [0.5, 0.6) is 0 Å². The predicted octanol–water partition coefficient (Wildman–Crippen LogP) is 2.71. The van der Waals surface area contributed by atoms with Crippen LogP contribution in [0.3, 0.4) is 0 Å². The molecule has 1 aliphatic heterocycles. The van der Waals surface area contributed by atoms with Gasteiger partial charge in [0.1, 0.15) is 0 Å². The van der Waals surface area contributed by atoms with Crippen molar-refractivity contribution in [3.8, 4) is 0 Å². The summed E-state index contributed by atoms with van der Waals surface area (Å²) in [5.41, 5.74) is 4.40. The van der Waals surface area contributed by atoms with Crippen LogP contribution < -0.4 is 5.32 Å². The van der Waals surface area contributed by atoms with Gasteiger partial charge in [0.05, 0.1) is 17.5 Å². The zero-order valence-electron chi connectivity index (χ0n) is 14.7. The van der Waals surface area contributed by atoms with Crippen LogP contribution in [-0.2, 0) is 13.0 Å². The van der Waals surface area contributed by atoms with E-state index in [1.807, 2.05) is 0 Å². The van der Waals surface area contributed by atoms with E-state index in [2.05, 4.69) is 65.5 Å². The maximum Gasteiger partial charge on any atom is 0.254 e. The number of fused-ring (bicyclic) bond motifs is 1. The molecule has 5 heteroatoms. The maximum absolute atomic E-state index is 12.4. The van der Waals surface area contributed by atoms with Crippen LogP contribution in [0.2, 0.25) is 0 Å². The predicted molar refractivity (Wildman–Crippen MR) is 95.0 cm³/mol. The molecule has 0 unspecified atom stereocenters. The Bertz CT molecular complexity index is 707. The Hall–Kier alpha value is -2.14. The first-order valence-electron chi connectivity index (χ1n) is 8.68. The second-order valence-corrected chi connectivity index (χ2v) is 6.90. The zero-order valence-corrected chi connectivity index (χ0v) is 14.7. The fourth-order valence-electron chi connectivity index (χ4n) is 3.28. The molecule has 1 aromatic carbocycles. The number of hydrogen-bond donors (Lipinski definition) is 2. The van der Waals surface area contributed by atoms with E-state index >= 15 is 0 Å². The molecule has 0 fully saturated rings. The van der Waals surface area contributed by atoms with E-state index in [1.54, 1.807) is 6.20 Å². The maximum atomic E-state index is 12.4. The minimum absolute atomic E-state index is 0.0447. The van der Waals surface area contributed by atoms with E-state index in [-0.39, 0.29) is 11.8 Å². The molecule has 0 saturated carbocycles. The van der Waals surface area contributed by atoms with Crippen molar-refractivity contribution in [2.24, 2.45) is 0 Å². The van der Waals surface area contributed by atoms with Crippen LogP contribution in [-0.4, -0.2) is 40.1 Å². The third kappa shape index (κ3) is 3.51. The topological polar surface area (TPSA) is 61.0 Å². The van der Waals surface area contributed by atoms with Crippen molar-refractivity contribution in [2.45, 2.75) is 45.7 Å². The van der Waals surface area contributed by atoms with E-state index < -0.39 is 0 Å². The minimum atomic E-state index is -0.0447. The monoisotopic (exact) mass is 326 g/mol. The lowest BCUT2D eigenvalue weighted by Crippen LogP contribution is -2.44. The lowest BCUT2D eigenvalue weighted by molar-refractivity contribution is 0.0931. The Labute approximate surface area is 143 Å². The smallest absolute Gasteiger partial charge is 0.254 e. The van der Waals surface area contributed by atoms with Gasteiger partial charge in [-0.3, -0.25) is 14.8 Å². The molecule has 5 nitrogen and oxygen atoms in total. The van der Waals surface area contributed by atoms with E-state index in [9.17, 15) is 4.79 Å². The van der Waals surface area contributed by atoms with Crippen LogP contribution in [0.25, 0.3) is 0 Å². The van der Waals surface area contributed by atoms with Gasteiger partial charge in [0.25, 0.3) is 5.91 Å². The molecule has 3 rings (SSSR count). The number of nitrogens with one attached hydrogen (secondary N) is 2. The summed E-state index contributed by atoms with van der Waals surface area (Å²) in [5.74, 6) is 0.209. The average Bonchev–Trinajstić information content (AvgIpc) is 3.09. The van der Waals surface area contributed by atoms with E-state index in [1.165, 1.54) is 11.1 Å². The van der Waals surface area contributed by atoms with Crippen molar-refractivity contribution in [2.75, 3.05) is 13.1 Å². The number of H-pyrrole nitrogens is 1. The number of hydrogen-bond acceptors (Lipinski definition) is 3. The molecule has 2 heterocycles. The SMILES string of the molecule is CC(C)c1[nH]ncc1C(=O)NC[C@@H](C)N1CCc2ccccc2C1. The highest BCUT2D eigenvalue weighted by Crippen LogP contribution is 2.20. The molecular weight excluding hydrogens is 300 g/mol. The van der Waals surface area contributed by atoms with Gasteiger partial charge in [0.2, 0.25) is 0 Å². The average molecular weight is 326 g/mol. The highest BCUT2D eigenvalue weighted by molar-refractivity contribution is 5.95. The van der Waals surface area contributed by atoms with Gasteiger partial charge in [-0.15, -0.1) is 0 Å². The zero-order chi connectivity index (χ0) is 17.1. The van der Waals surface area contributed by atoms with Crippen LogP contribution in [0.1, 0.15) is 53.9 Å². The molecule has 0 radical (unpaired) electrons. The fraction of sp³-hybridized carbons (Fsp3) is 0.474. The molecule has 24 heavy (non-hydrogen) atoms. The second-order valence-electron chi connectivity index (χ2n) is 6.90. The normalized spacial score (nSPS) is 16.0. The van der Waals surface area contributed by atoms with Crippen LogP contribution in [0, 0.1) is 0 Å². The molecule has 0 bridgehead atoms. The van der Waals surface area contributed by atoms with Crippen LogP contribution >= 0.6 is 0 Å². The van der Waals surface area contributed by atoms with Gasteiger partial charge >= 0.3 is 0 Å². The Morgan fingerprint density at radius 1 is 1.29 bits per heavy atom. The summed E-state index contributed by atoms with van der Waals surface area (Å²) in [7, 11) is 0. The number of carbonyl (C=O) groups is 1. The molecule has 0 aliphatic carbocycles. The van der Waals surface area contributed by atoms with Crippen LogP contribution in [0.15, 0.2) is 30.5 Å². The van der Waals surface area contributed by atoms with Crippen molar-refractivity contribution in [3.63, 3.8) is 0 Å². The molecule has 128 valence electrons. The fourth-order valence-corrected chi connectivity index (χ4v) is 3.28. The summed E-state index contributed by atoms with van der Waals surface area (Å²) < 4.78 is 0. The highest BCUT2D eigenvalue weighted by Gasteiger charge is 2.22. The first kappa shape index (κ1) is 16.7. The molecule has 0 spiro atoms. The highest BCUT2D eigenvalue weighted by atomic mass is 16.1. The quantitative estimate of drug-likeness (QED) is 0.888. The number of aromatic nitrogens is 2. The summed E-state index contributed by atoms with van der Waals surface area (Å²) in [6.45, 7) is 8.92. The number of carbonyl (C=O) groups excluding carboxylic acids is 1. The Morgan fingerprint density at radius 3 is 2.79 bits per heavy atom. The summed E-state index contributed by atoms with van der Waals surface area (Å²) in [6, 6.07) is 8.92. The Balaban J connectivity index is 1.57. The molecule has 1 aromatic heterocycles. The van der Waals surface area contributed by atoms with E-state index in [4.69, 9.17) is 0 Å². The molecule has 2 N–H and O–H groups in total. The molecule has 0 saturated heterocycles. The van der Waals surface area contributed by atoms with Crippen molar-refractivity contribution in [3.05, 3.63) is 52.8 Å². The van der Waals surface area contributed by atoms with Crippen molar-refractivity contribution in [1.29, 1.82) is 0 Å². The Morgan fingerprint density at radius 2 is 2.04 bits per heavy atom. The van der Waals surface area contributed by atoms with Gasteiger partial charge in [-0.05, 0) is 30.4 Å². The first-order chi connectivity index (χ1) is 11.6. The molecule has 1 aliphatic rings. The largest absolute Gasteiger partial charge is 0.350 e. The molecule has 2 aromatic rings. The summed E-state index contributed by atoms with van der Waals surface area (Å²) >= 11 is 0. The molecular formula is C19H26N4O. The lowest BCUT2D eigenvalue weighted by Gasteiger charge is -2.33. The molecule has 1 atom stereocenters. The van der Waals surface area contributed by atoms with Crippen molar-refractivity contribution >= 4 is 5.91 Å². The van der Waals surface area contributed by atoms with Gasteiger partial charge in [0.15, 0.2) is 0 Å². The number of aromatic amines is 1. The van der Waals surface area contributed by atoms with E-state index in [0.29, 0.717) is 18.2 Å². The number of rotatable bonds is 5. The Kier molecular flexibility index (Phi) is 5.00. The van der Waals surface area contributed by atoms with Gasteiger partial charge in [-0.2, -0.15) is 5.10 Å². The first-order valence-corrected chi connectivity index (χ1v) is 8.68. The van der Waals surface area contributed by atoms with Gasteiger partial charge in [-0.1, -0.05) is 38.1 Å². The number of nitrogens with zero attached hydrogens (tertiary/aromatic N) is 2. The summed E-state index contributed by atoms with van der Waals surface area (Å²) in [5, 5.41) is 10.00.